The fourth-order valence-electron chi connectivity index (χ4n) is 4.82. The summed E-state index contributed by atoms with van der Waals surface area (Å²) < 4.78 is 4.37. The number of aryl methyl sites for hydroxylation is 5. The number of hydrogen-bond acceptors (Lipinski definition) is 3. The quantitative estimate of drug-likeness (QED) is 0.411. The first-order chi connectivity index (χ1) is 17.2. The minimum Gasteiger partial charge on any atom is -0.338 e. The Kier molecular flexibility index (Phi) is 5.63. The molecule has 2 heterocycles. The molecule has 2 aromatic heterocycles. The summed E-state index contributed by atoms with van der Waals surface area (Å²) >= 11 is 0. The molecule has 1 amide bonds. The highest BCUT2D eigenvalue weighted by Crippen LogP contribution is 2.27. The number of benzene rings is 3. The molecule has 0 unspecified atom stereocenters. The number of carbonyl (C=O) groups excluding carboxylic acids is 1. The van der Waals surface area contributed by atoms with Gasteiger partial charge in [-0.05, 0) is 63.6 Å². The lowest BCUT2D eigenvalue weighted by atomic mass is 10.1. The fraction of sp³-hybridized carbons (Fsp3) is 0.207. The lowest BCUT2D eigenvalue weighted by Gasteiger charge is -2.14. The molecule has 182 valence electrons. The number of carbonyl (C=O) groups is 1. The van der Waals surface area contributed by atoms with E-state index in [1.807, 2.05) is 83.3 Å². The zero-order valence-electron chi connectivity index (χ0n) is 21.0. The van der Waals surface area contributed by atoms with Crippen molar-refractivity contribution in [1.82, 2.24) is 13.7 Å². The van der Waals surface area contributed by atoms with Gasteiger partial charge in [-0.25, -0.2) is 9.36 Å². The molecule has 0 fully saturated rings. The molecule has 5 aromatic rings. The van der Waals surface area contributed by atoms with Crippen LogP contribution in [0.1, 0.15) is 22.3 Å². The van der Waals surface area contributed by atoms with E-state index in [0.29, 0.717) is 22.4 Å². The molecular formula is C29H28N4O3. The largest absolute Gasteiger partial charge is 0.338 e. The monoisotopic (exact) mass is 480 g/mol. The fourth-order valence-corrected chi connectivity index (χ4v) is 4.82. The summed E-state index contributed by atoms with van der Waals surface area (Å²) in [6.45, 7) is 7.59. The van der Waals surface area contributed by atoms with Gasteiger partial charge >= 0.3 is 5.69 Å². The molecule has 0 aliphatic heterocycles. The van der Waals surface area contributed by atoms with Crippen LogP contribution in [0.4, 0.5) is 5.69 Å². The molecule has 5 rings (SSSR count). The molecular weight excluding hydrogens is 452 g/mol. The molecule has 0 spiro atoms. The minimum atomic E-state index is -0.555. The summed E-state index contributed by atoms with van der Waals surface area (Å²) in [5.74, 6) is -0.343. The number of fused-ring (bicyclic) bond motifs is 3. The maximum atomic E-state index is 13.9. The van der Waals surface area contributed by atoms with Gasteiger partial charge in [-0.3, -0.25) is 14.2 Å². The molecule has 36 heavy (non-hydrogen) atoms. The number of amides is 1. The van der Waals surface area contributed by atoms with Crippen molar-refractivity contribution < 1.29 is 4.79 Å². The van der Waals surface area contributed by atoms with E-state index in [9.17, 15) is 14.4 Å². The van der Waals surface area contributed by atoms with Crippen LogP contribution in [0.25, 0.3) is 27.6 Å². The summed E-state index contributed by atoms with van der Waals surface area (Å²) in [5, 5.41) is 3.69. The number of aromatic nitrogens is 3. The molecule has 3 aromatic carbocycles. The van der Waals surface area contributed by atoms with Crippen molar-refractivity contribution in [1.29, 1.82) is 0 Å². The first-order valence-electron chi connectivity index (χ1n) is 11.8. The molecule has 0 saturated carbocycles. The van der Waals surface area contributed by atoms with E-state index in [-0.39, 0.29) is 12.5 Å². The third-order valence-electron chi connectivity index (χ3n) is 6.68. The normalized spacial score (nSPS) is 11.4. The number of anilines is 1. The molecule has 0 aliphatic carbocycles. The minimum absolute atomic E-state index is 0.234. The van der Waals surface area contributed by atoms with E-state index in [4.69, 9.17) is 0 Å². The van der Waals surface area contributed by atoms with E-state index in [1.54, 1.807) is 16.7 Å². The van der Waals surface area contributed by atoms with E-state index >= 15 is 0 Å². The van der Waals surface area contributed by atoms with Gasteiger partial charge in [-0.2, -0.15) is 0 Å². The SMILES string of the molecule is Cc1ccc(-n2c(=O)c3c(c4cc(C)ccc4n3C)n(CC(=O)Nc3ccc(C)cc3C)c2=O)cc1. The van der Waals surface area contributed by atoms with E-state index in [2.05, 4.69) is 5.32 Å². The van der Waals surface area contributed by atoms with Crippen molar-refractivity contribution in [3.8, 4) is 5.69 Å². The van der Waals surface area contributed by atoms with Crippen LogP contribution in [-0.2, 0) is 18.4 Å². The highest BCUT2D eigenvalue weighted by Gasteiger charge is 2.22. The Balaban J connectivity index is 1.76. The van der Waals surface area contributed by atoms with E-state index < -0.39 is 11.2 Å². The van der Waals surface area contributed by atoms with Crippen LogP contribution in [0.2, 0.25) is 0 Å². The Morgan fingerprint density at radius 1 is 0.806 bits per heavy atom. The van der Waals surface area contributed by atoms with Gasteiger partial charge in [0.15, 0.2) is 0 Å². The Labute approximate surface area is 208 Å². The number of hydrogen-bond donors (Lipinski definition) is 1. The van der Waals surface area contributed by atoms with Crippen molar-refractivity contribution in [2.75, 3.05) is 5.32 Å². The lowest BCUT2D eigenvalue weighted by Crippen LogP contribution is -2.41. The van der Waals surface area contributed by atoms with Crippen molar-refractivity contribution in [3.63, 3.8) is 0 Å². The van der Waals surface area contributed by atoms with Gasteiger partial charge in [0.05, 0.1) is 16.7 Å². The Bertz CT molecular complexity index is 1790. The molecule has 0 aliphatic rings. The molecule has 0 bridgehead atoms. The van der Waals surface area contributed by atoms with Gasteiger partial charge < -0.3 is 9.88 Å². The van der Waals surface area contributed by atoms with Crippen LogP contribution in [0, 0.1) is 27.7 Å². The van der Waals surface area contributed by atoms with E-state index in [0.717, 1.165) is 37.7 Å². The summed E-state index contributed by atoms with van der Waals surface area (Å²) in [4.78, 5) is 40.8. The average molecular weight is 481 g/mol. The second-order valence-corrected chi connectivity index (χ2v) is 9.49. The average Bonchev–Trinajstić information content (AvgIpc) is 3.11. The summed E-state index contributed by atoms with van der Waals surface area (Å²) in [5.41, 5.74) is 5.88. The van der Waals surface area contributed by atoms with Crippen LogP contribution >= 0.6 is 0 Å². The van der Waals surface area contributed by atoms with Gasteiger partial charge in [0.1, 0.15) is 12.1 Å². The zero-order chi connectivity index (χ0) is 25.7. The Morgan fingerprint density at radius 3 is 2.14 bits per heavy atom. The molecule has 0 saturated heterocycles. The lowest BCUT2D eigenvalue weighted by molar-refractivity contribution is -0.116. The standard InChI is InChI=1S/C29H28N4O3/c1-17-6-10-21(11-7-17)33-28(35)27-26(22-15-19(3)9-13-24(22)31(27)5)32(29(33)36)16-25(34)30-23-12-8-18(2)14-20(23)4/h6-15H,16H2,1-5H3,(H,30,34). The number of nitrogens with one attached hydrogen (secondary N) is 1. The van der Waals surface area contributed by atoms with Gasteiger partial charge in [-0.1, -0.05) is 47.0 Å². The molecule has 0 atom stereocenters. The summed E-state index contributed by atoms with van der Waals surface area (Å²) in [6, 6.07) is 18.8. The number of nitrogens with zero attached hydrogens (tertiary/aromatic N) is 3. The van der Waals surface area contributed by atoms with E-state index in [1.165, 1.54) is 4.57 Å². The summed E-state index contributed by atoms with van der Waals surface area (Å²) in [6.07, 6.45) is 0. The van der Waals surface area contributed by atoms with Gasteiger partial charge in [0, 0.05) is 18.1 Å². The maximum absolute atomic E-state index is 13.9. The second-order valence-electron chi connectivity index (χ2n) is 9.49. The number of rotatable bonds is 4. The van der Waals surface area contributed by atoms with Gasteiger partial charge in [0.25, 0.3) is 5.56 Å². The highest BCUT2D eigenvalue weighted by atomic mass is 16.2. The van der Waals surface area contributed by atoms with Crippen molar-refractivity contribution in [2.45, 2.75) is 34.2 Å². The highest BCUT2D eigenvalue weighted by molar-refractivity contribution is 6.06. The molecule has 0 radical (unpaired) electrons. The predicted molar refractivity (Wildman–Crippen MR) is 144 cm³/mol. The van der Waals surface area contributed by atoms with Gasteiger partial charge in [-0.15, -0.1) is 0 Å². The van der Waals surface area contributed by atoms with Crippen LogP contribution < -0.4 is 16.6 Å². The molecule has 7 nitrogen and oxygen atoms in total. The van der Waals surface area contributed by atoms with Crippen molar-refractivity contribution in [3.05, 3.63) is 104 Å². The van der Waals surface area contributed by atoms with Crippen molar-refractivity contribution >= 4 is 33.5 Å². The first-order valence-corrected chi connectivity index (χ1v) is 11.8. The van der Waals surface area contributed by atoms with Crippen LogP contribution in [0.15, 0.2) is 70.3 Å². The third kappa shape index (κ3) is 3.82. The van der Waals surface area contributed by atoms with Crippen LogP contribution in [-0.4, -0.2) is 19.6 Å². The summed E-state index contributed by atoms with van der Waals surface area (Å²) in [7, 11) is 1.81. The predicted octanol–water partition coefficient (Wildman–Crippen LogP) is 4.52. The Hall–Kier alpha value is -4.39. The third-order valence-corrected chi connectivity index (χ3v) is 6.68. The second kappa shape index (κ2) is 8.68. The first kappa shape index (κ1) is 23.4. The van der Waals surface area contributed by atoms with Crippen LogP contribution in [0.3, 0.4) is 0 Å². The Morgan fingerprint density at radius 2 is 1.44 bits per heavy atom. The van der Waals surface area contributed by atoms with Gasteiger partial charge in [0.2, 0.25) is 5.91 Å². The smallest absolute Gasteiger partial charge is 0.336 e. The molecule has 7 heteroatoms. The topological polar surface area (TPSA) is 78.0 Å². The van der Waals surface area contributed by atoms with Crippen molar-refractivity contribution in [2.24, 2.45) is 7.05 Å². The maximum Gasteiger partial charge on any atom is 0.336 e. The zero-order valence-corrected chi connectivity index (χ0v) is 21.0. The van der Waals surface area contributed by atoms with Crippen LogP contribution in [0.5, 0.6) is 0 Å². The molecule has 1 N–H and O–H groups in total.